The molecule has 6 nitrogen and oxygen atoms in total. The van der Waals surface area contributed by atoms with Gasteiger partial charge in [0.05, 0.1) is 28.4 Å². The second-order valence-electron chi connectivity index (χ2n) is 6.07. The first kappa shape index (κ1) is 18.3. The van der Waals surface area contributed by atoms with E-state index in [4.69, 9.17) is 4.74 Å². The molecule has 27 heavy (non-hydrogen) atoms. The van der Waals surface area contributed by atoms with Gasteiger partial charge in [-0.15, -0.1) is 0 Å². The summed E-state index contributed by atoms with van der Waals surface area (Å²) in [7, 11) is 0. The standard InChI is InChI=1S/C21H21N3O3/c1-4-27-21(26)16-7-9-17(10-8-16)22-13-19-15(3)23-24(20(19)25)18-11-5-14(2)6-12-18/h5-13,22-23H,3-4H2,1-2H3/b19-13-. The summed E-state index contributed by atoms with van der Waals surface area (Å²) >= 11 is 0. The molecule has 0 saturated heterocycles. The molecule has 0 spiro atoms. The van der Waals surface area contributed by atoms with Crippen molar-refractivity contribution in [3.05, 3.63) is 80.6 Å². The molecule has 0 bridgehead atoms. The predicted molar refractivity (Wildman–Crippen MR) is 106 cm³/mol. The number of esters is 1. The van der Waals surface area contributed by atoms with Gasteiger partial charge in [-0.25, -0.2) is 9.48 Å². The van der Waals surface area contributed by atoms with Crippen molar-refractivity contribution in [2.45, 2.75) is 13.8 Å². The van der Waals surface area contributed by atoms with Gasteiger partial charge in [-0.1, -0.05) is 24.3 Å². The fraction of sp³-hybridized carbons (Fsp3) is 0.143. The average Bonchev–Trinajstić information content (AvgIpc) is 2.95. The summed E-state index contributed by atoms with van der Waals surface area (Å²) in [4.78, 5) is 24.3. The Labute approximate surface area is 156 Å². The lowest BCUT2D eigenvalue weighted by molar-refractivity contribution is 0.0526. The number of hydrogen-bond donors (Lipinski definition) is 2. The fourth-order valence-electron chi connectivity index (χ4n) is 2.59. The van der Waals surface area contributed by atoms with Crippen LogP contribution in [-0.4, -0.2) is 22.4 Å². The van der Waals surface area contributed by atoms with Gasteiger partial charge >= 0.3 is 5.97 Å². The summed E-state index contributed by atoms with van der Waals surface area (Å²) in [5.74, 6) is -0.361. The molecule has 0 radical (unpaired) electrons. The molecule has 0 atom stereocenters. The Morgan fingerprint density at radius 3 is 2.48 bits per heavy atom. The van der Waals surface area contributed by atoms with Crippen molar-refractivity contribution < 1.29 is 9.53 Å². The molecule has 0 unspecified atom stereocenters. The van der Waals surface area contributed by atoms with Gasteiger partial charge in [0.1, 0.15) is 0 Å². The third-order valence-electron chi connectivity index (χ3n) is 4.08. The second-order valence-corrected chi connectivity index (χ2v) is 6.07. The topological polar surface area (TPSA) is 76.1 Å². The molecule has 0 aliphatic rings. The van der Waals surface area contributed by atoms with Crippen LogP contribution >= 0.6 is 0 Å². The molecular formula is C21H21N3O3. The Bertz CT molecular complexity index is 1110. The third kappa shape index (κ3) is 4.00. The van der Waals surface area contributed by atoms with Crippen molar-refractivity contribution in [3.63, 3.8) is 0 Å². The van der Waals surface area contributed by atoms with Crippen molar-refractivity contribution in [2.24, 2.45) is 0 Å². The highest BCUT2D eigenvalue weighted by Gasteiger charge is 2.06. The molecule has 1 aromatic heterocycles. The molecule has 3 rings (SSSR count). The van der Waals surface area contributed by atoms with E-state index in [1.165, 1.54) is 4.68 Å². The largest absolute Gasteiger partial charge is 0.462 e. The highest BCUT2D eigenvalue weighted by atomic mass is 16.5. The maximum atomic E-state index is 12.7. The Balaban J connectivity index is 1.86. The minimum Gasteiger partial charge on any atom is -0.462 e. The van der Waals surface area contributed by atoms with Gasteiger partial charge in [0.15, 0.2) is 0 Å². The van der Waals surface area contributed by atoms with Crippen LogP contribution in [0.25, 0.3) is 18.5 Å². The van der Waals surface area contributed by atoms with Crippen molar-refractivity contribution >= 4 is 24.4 Å². The third-order valence-corrected chi connectivity index (χ3v) is 4.08. The average molecular weight is 363 g/mol. The van der Waals surface area contributed by atoms with E-state index in [1.807, 2.05) is 31.2 Å². The number of anilines is 1. The van der Waals surface area contributed by atoms with Gasteiger partial charge in [-0.3, -0.25) is 9.89 Å². The Morgan fingerprint density at radius 2 is 1.85 bits per heavy atom. The molecule has 2 N–H and O–H groups in total. The number of aryl methyl sites for hydroxylation is 1. The summed E-state index contributed by atoms with van der Waals surface area (Å²) in [6.07, 6.45) is 1.60. The molecule has 0 fully saturated rings. The second kappa shape index (κ2) is 7.78. The lowest BCUT2D eigenvalue weighted by Crippen LogP contribution is -2.34. The lowest BCUT2D eigenvalue weighted by atomic mass is 10.2. The van der Waals surface area contributed by atoms with E-state index in [0.29, 0.717) is 22.7 Å². The maximum absolute atomic E-state index is 12.7. The van der Waals surface area contributed by atoms with Crippen LogP contribution in [0.15, 0.2) is 53.3 Å². The molecule has 3 aromatic rings. The monoisotopic (exact) mass is 363 g/mol. The number of benzene rings is 2. The zero-order valence-electron chi connectivity index (χ0n) is 15.3. The van der Waals surface area contributed by atoms with E-state index in [9.17, 15) is 9.59 Å². The van der Waals surface area contributed by atoms with Crippen LogP contribution in [0.4, 0.5) is 5.69 Å². The first-order valence-electron chi connectivity index (χ1n) is 8.60. The van der Waals surface area contributed by atoms with E-state index in [0.717, 1.165) is 16.9 Å². The number of carbonyl (C=O) groups is 1. The molecule has 0 aliphatic heterocycles. The van der Waals surface area contributed by atoms with Gasteiger partial charge < -0.3 is 10.1 Å². The van der Waals surface area contributed by atoms with Crippen molar-refractivity contribution in [1.29, 1.82) is 0 Å². The van der Waals surface area contributed by atoms with Crippen molar-refractivity contribution in [1.82, 2.24) is 9.78 Å². The molecule has 6 heteroatoms. The van der Waals surface area contributed by atoms with Crippen LogP contribution in [0.5, 0.6) is 0 Å². The Morgan fingerprint density at radius 1 is 1.19 bits per heavy atom. The molecule has 0 saturated carbocycles. The number of rotatable bonds is 5. The van der Waals surface area contributed by atoms with Gasteiger partial charge in [-0.05, 0) is 50.2 Å². The van der Waals surface area contributed by atoms with E-state index in [-0.39, 0.29) is 11.5 Å². The highest BCUT2D eigenvalue weighted by molar-refractivity contribution is 5.89. The zero-order valence-corrected chi connectivity index (χ0v) is 15.3. The normalized spacial score (nSPS) is 11.4. The Kier molecular flexibility index (Phi) is 5.26. The van der Waals surface area contributed by atoms with Crippen LogP contribution in [-0.2, 0) is 4.74 Å². The minimum atomic E-state index is -0.361. The first-order valence-corrected chi connectivity index (χ1v) is 8.60. The number of aromatic nitrogens is 2. The smallest absolute Gasteiger partial charge is 0.338 e. The van der Waals surface area contributed by atoms with Gasteiger partial charge in [0, 0.05) is 11.9 Å². The van der Waals surface area contributed by atoms with E-state index >= 15 is 0 Å². The van der Waals surface area contributed by atoms with Crippen molar-refractivity contribution in [2.75, 3.05) is 11.9 Å². The number of H-pyrrole nitrogens is 1. The first-order chi connectivity index (χ1) is 13.0. The number of aromatic amines is 1. The van der Waals surface area contributed by atoms with Crippen LogP contribution in [0.1, 0.15) is 22.8 Å². The van der Waals surface area contributed by atoms with Crippen LogP contribution in [0.2, 0.25) is 0 Å². The molecule has 2 aromatic carbocycles. The van der Waals surface area contributed by atoms with Crippen molar-refractivity contribution in [3.8, 4) is 5.69 Å². The zero-order chi connectivity index (χ0) is 19.4. The SMILES string of the molecule is C=c1[nH]n(-c2ccc(C)cc2)c(=O)/c1=C\Nc1ccc(C(=O)OCC)cc1. The Hall–Kier alpha value is -3.54. The van der Waals surface area contributed by atoms with E-state index in [1.54, 1.807) is 37.4 Å². The number of nitrogens with zero attached hydrogens (tertiary/aromatic N) is 1. The van der Waals surface area contributed by atoms with Gasteiger partial charge in [0.2, 0.25) is 0 Å². The molecule has 0 amide bonds. The fourth-order valence-corrected chi connectivity index (χ4v) is 2.59. The molecule has 138 valence electrons. The summed E-state index contributed by atoms with van der Waals surface area (Å²) in [5.41, 5.74) is 2.88. The number of hydrogen-bond acceptors (Lipinski definition) is 4. The number of ether oxygens (including phenoxy) is 1. The minimum absolute atomic E-state index is 0.195. The summed E-state index contributed by atoms with van der Waals surface area (Å²) in [5, 5.41) is 6.99. The van der Waals surface area contributed by atoms with E-state index < -0.39 is 0 Å². The molecule has 0 aliphatic carbocycles. The van der Waals surface area contributed by atoms with Gasteiger partial charge in [-0.2, -0.15) is 0 Å². The summed E-state index contributed by atoms with van der Waals surface area (Å²) < 4.78 is 6.41. The highest BCUT2D eigenvalue weighted by Crippen LogP contribution is 2.10. The van der Waals surface area contributed by atoms with Gasteiger partial charge in [0.25, 0.3) is 5.56 Å². The molecular weight excluding hydrogens is 342 g/mol. The lowest BCUT2D eigenvalue weighted by Gasteiger charge is -2.03. The van der Waals surface area contributed by atoms with Crippen LogP contribution < -0.4 is 21.4 Å². The quantitative estimate of drug-likeness (QED) is 0.679. The number of nitrogens with one attached hydrogen (secondary N) is 2. The van der Waals surface area contributed by atoms with Crippen LogP contribution in [0.3, 0.4) is 0 Å². The van der Waals surface area contributed by atoms with E-state index in [2.05, 4.69) is 17.0 Å². The predicted octanol–water partition coefficient (Wildman–Crippen LogP) is 1.91. The van der Waals surface area contributed by atoms with Crippen LogP contribution in [0, 0.1) is 6.92 Å². The number of carbonyl (C=O) groups excluding carboxylic acids is 1. The summed E-state index contributed by atoms with van der Waals surface area (Å²) in [6, 6.07) is 14.5. The summed E-state index contributed by atoms with van der Waals surface area (Å²) in [6.45, 7) is 7.99. The molecule has 1 heterocycles. The maximum Gasteiger partial charge on any atom is 0.338 e.